The summed E-state index contributed by atoms with van der Waals surface area (Å²) in [5.74, 6) is 2.08. The third-order valence-electron chi connectivity index (χ3n) is 6.25. The van der Waals surface area contributed by atoms with Gasteiger partial charge in [0.1, 0.15) is 11.5 Å². The zero-order valence-electron chi connectivity index (χ0n) is 19.5. The van der Waals surface area contributed by atoms with Gasteiger partial charge in [-0.3, -0.25) is 9.59 Å². The van der Waals surface area contributed by atoms with Crippen molar-refractivity contribution in [2.24, 2.45) is 5.92 Å². The molecule has 0 N–H and O–H groups in total. The molecule has 0 bridgehead atoms. The minimum Gasteiger partial charge on any atom is -0.497 e. The van der Waals surface area contributed by atoms with Crippen molar-refractivity contribution >= 4 is 17.5 Å². The van der Waals surface area contributed by atoms with Crippen LogP contribution < -0.4 is 23.8 Å². The number of hydrogen-bond donors (Lipinski definition) is 0. The quantitative estimate of drug-likeness (QED) is 0.579. The molecule has 8 heteroatoms. The van der Waals surface area contributed by atoms with Gasteiger partial charge in [0.15, 0.2) is 11.5 Å². The molecule has 2 aromatic rings. The van der Waals surface area contributed by atoms with Crippen LogP contribution in [0.15, 0.2) is 36.4 Å². The van der Waals surface area contributed by atoms with E-state index in [4.69, 9.17) is 18.9 Å². The molecule has 2 fully saturated rings. The lowest BCUT2D eigenvalue weighted by Crippen LogP contribution is -2.38. The molecule has 1 saturated carbocycles. The molecule has 0 spiro atoms. The minimum absolute atomic E-state index is 0.00120. The largest absolute Gasteiger partial charge is 0.497 e. The van der Waals surface area contributed by atoms with Crippen LogP contribution in [0.1, 0.15) is 24.8 Å². The molecule has 0 radical (unpaired) electrons. The van der Waals surface area contributed by atoms with Crippen LogP contribution in [0, 0.1) is 5.92 Å². The number of hydrogen-bond acceptors (Lipinski definition) is 6. The summed E-state index contributed by atoms with van der Waals surface area (Å²) in [5.41, 5.74) is 1.58. The van der Waals surface area contributed by atoms with Crippen LogP contribution in [0.25, 0.3) is 0 Å². The van der Waals surface area contributed by atoms with Crippen molar-refractivity contribution in [3.63, 3.8) is 0 Å². The average molecular weight is 455 g/mol. The number of nitrogens with zero attached hydrogens (tertiary/aromatic N) is 2. The monoisotopic (exact) mass is 454 g/mol. The Balaban J connectivity index is 1.53. The Kier molecular flexibility index (Phi) is 6.62. The van der Waals surface area contributed by atoms with Crippen LogP contribution in [-0.4, -0.2) is 57.7 Å². The molecule has 1 heterocycles. The third-order valence-corrected chi connectivity index (χ3v) is 6.25. The van der Waals surface area contributed by atoms with Gasteiger partial charge in [-0.25, -0.2) is 0 Å². The Hall–Kier alpha value is -3.42. The van der Waals surface area contributed by atoms with Gasteiger partial charge >= 0.3 is 0 Å². The Bertz CT molecular complexity index is 1040. The molecule has 2 aromatic carbocycles. The van der Waals surface area contributed by atoms with E-state index in [1.807, 2.05) is 29.2 Å². The summed E-state index contributed by atoms with van der Waals surface area (Å²) in [6.45, 7) is 0.760. The van der Waals surface area contributed by atoms with E-state index in [-0.39, 0.29) is 24.3 Å². The summed E-state index contributed by atoms with van der Waals surface area (Å²) in [7, 11) is 6.35. The number of anilines is 1. The summed E-state index contributed by atoms with van der Waals surface area (Å²) < 4.78 is 21.5. The van der Waals surface area contributed by atoms with Crippen molar-refractivity contribution < 1.29 is 28.5 Å². The Morgan fingerprint density at radius 1 is 0.939 bits per heavy atom. The van der Waals surface area contributed by atoms with Crippen LogP contribution in [0.4, 0.5) is 5.69 Å². The van der Waals surface area contributed by atoms with Crippen molar-refractivity contribution in [2.75, 3.05) is 39.9 Å². The number of rotatable bonds is 9. The van der Waals surface area contributed by atoms with Crippen LogP contribution in [-0.2, 0) is 16.1 Å². The van der Waals surface area contributed by atoms with Crippen LogP contribution in [0.2, 0.25) is 0 Å². The van der Waals surface area contributed by atoms with E-state index in [1.54, 1.807) is 45.5 Å². The highest BCUT2D eigenvalue weighted by Crippen LogP contribution is 2.37. The number of amides is 2. The molecule has 176 valence electrons. The SMILES string of the molecule is COc1ccc(OC)c(CN(C(=O)C2CC(=O)N(c3ccc(OC)c(OC)c3)C2)C2CC2)c1. The lowest BCUT2D eigenvalue weighted by molar-refractivity contribution is -0.137. The van der Waals surface area contributed by atoms with Gasteiger partial charge in [-0.2, -0.15) is 0 Å². The Labute approximate surface area is 194 Å². The van der Waals surface area contributed by atoms with E-state index in [0.29, 0.717) is 41.8 Å². The molecule has 4 rings (SSSR count). The topological polar surface area (TPSA) is 77.5 Å². The number of carbonyl (C=O) groups is 2. The molecule has 1 aliphatic carbocycles. The summed E-state index contributed by atoms with van der Waals surface area (Å²) in [6, 6.07) is 11.1. The van der Waals surface area contributed by atoms with Crippen molar-refractivity contribution in [1.82, 2.24) is 4.90 Å². The summed E-state index contributed by atoms with van der Waals surface area (Å²) in [5, 5.41) is 0. The number of ether oxygens (including phenoxy) is 4. The third kappa shape index (κ3) is 4.69. The smallest absolute Gasteiger partial charge is 0.228 e. The maximum atomic E-state index is 13.6. The predicted molar refractivity (Wildman–Crippen MR) is 123 cm³/mol. The normalized spacial score (nSPS) is 17.6. The molecule has 0 aromatic heterocycles. The van der Waals surface area contributed by atoms with E-state index >= 15 is 0 Å². The van der Waals surface area contributed by atoms with E-state index in [1.165, 1.54) is 0 Å². The van der Waals surface area contributed by atoms with E-state index in [9.17, 15) is 9.59 Å². The van der Waals surface area contributed by atoms with E-state index in [0.717, 1.165) is 18.4 Å². The fraction of sp³-hybridized carbons (Fsp3) is 0.440. The lowest BCUT2D eigenvalue weighted by Gasteiger charge is -2.26. The second kappa shape index (κ2) is 9.60. The fourth-order valence-electron chi connectivity index (χ4n) is 4.31. The first-order valence-electron chi connectivity index (χ1n) is 11.0. The van der Waals surface area contributed by atoms with Gasteiger partial charge in [0.25, 0.3) is 0 Å². The number of methoxy groups -OCH3 is 4. The van der Waals surface area contributed by atoms with Gasteiger partial charge in [0, 0.05) is 42.9 Å². The van der Waals surface area contributed by atoms with Crippen LogP contribution in [0.5, 0.6) is 23.0 Å². The molecule has 1 unspecified atom stereocenters. The second-order valence-electron chi connectivity index (χ2n) is 8.32. The van der Waals surface area contributed by atoms with Gasteiger partial charge in [-0.05, 0) is 43.2 Å². The highest BCUT2D eigenvalue weighted by atomic mass is 16.5. The summed E-state index contributed by atoms with van der Waals surface area (Å²) in [4.78, 5) is 30.0. The van der Waals surface area contributed by atoms with Gasteiger partial charge in [0.2, 0.25) is 11.8 Å². The van der Waals surface area contributed by atoms with Crippen LogP contribution >= 0.6 is 0 Å². The fourth-order valence-corrected chi connectivity index (χ4v) is 4.31. The van der Waals surface area contributed by atoms with E-state index in [2.05, 4.69) is 0 Å². The van der Waals surface area contributed by atoms with Gasteiger partial charge in [-0.1, -0.05) is 0 Å². The molecular formula is C25H30N2O6. The molecule has 8 nitrogen and oxygen atoms in total. The maximum absolute atomic E-state index is 13.6. The maximum Gasteiger partial charge on any atom is 0.228 e. The molecule has 2 aliphatic rings. The van der Waals surface area contributed by atoms with Crippen LogP contribution in [0.3, 0.4) is 0 Å². The van der Waals surface area contributed by atoms with Crippen molar-refractivity contribution in [3.05, 3.63) is 42.0 Å². The average Bonchev–Trinajstić information content (AvgIpc) is 3.62. The van der Waals surface area contributed by atoms with Crippen molar-refractivity contribution in [3.8, 4) is 23.0 Å². The van der Waals surface area contributed by atoms with Crippen molar-refractivity contribution in [1.29, 1.82) is 0 Å². The van der Waals surface area contributed by atoms with Gasteiger partial charge in [0.05, 0.1) is 34.4 Å². The lowest BCUT2D eigenvalue weighted by atomic mass is 10.1. The molecule has 2 amide bonds. The first-order chi connectivity index (χ1) is 16.0. The molecular weight excluding hydrogens is 424 g/mol. The Morgan fingerprint density at radius 2 is 1.64 bits per heavy atom. The standard InChI is InChI=1S/C25H30N2O6/c1-30-20-8-10-21(31-2)16(11-20)14-27(18-5-6-18)25(29)17-12-24(28)26(15-17)19-7-9-22(32-3)23(13-19)33-4/h7-11,13,17-18H,5-6,12,14-15H2,1-4H3. The summed E-state index contributed by atoms with van der Waals surface area (Å²) in [6.07, 6.45) is 2.13. The molecule has 1 aliphatic heterocycles. The Morgan fingerprint density at radius 3 is 2.27 bits per heavy atom. The highest BCUT2D eigenvalue weighted by molar-refractivity contribution is 6.00. The number of carbonyl (C=O) groups excluding carboxylic acids is 2. The zero-order valence-corrected chi connectivity index (χ0v) is 19.5. The predicted octanol–water partition coefficient (Wildman–Crippen LogP) is 3.27. The van der Waals surface area contributed by atoms with Gasteiger partial charge in [-0.15, -0.1) is 0 Å². The van der Waals surface area contributed by atoms with E-state index < -0.39 is 5.92 Å². The highest BCUT2D eigenvalue weighted by Gasteiger charge is 2.41. The number of benzene rings is 2. The molecule has 33 heavy (non-hydrogen) atoms. The molecule has 1 saturated heterocycles. The van der Waals surface area contributed by atoms with Crippen molar-refractivity contribution in [2.45, 2.75) is 31.8 Å². The first kappa shape index (κ1) is 22.8. The second-order valence-corrected chi connectivity index (χ2v) is 8.32. The zero-order chi connectivity index (χ0) is 23.5. The summed E-state index contributed by atoms with van der Waals surface area (Å²) >= 11 is 0. The first-order valence-corrected chi connectivity index (χ1v) is 11.0. The minimum atomic E-state index is -0.400. The molecule has 1 atom stereocenters. The van der Waals surface area contributed by atoms with Gasteiger partial charge < -0.3 is 28.7 Å².